The second-order valence-electron chi connectivity index (χ2n) is 9.46. The van der Waals surface area contributed by atoms with Crippen LogP contribution in [0.15, 0.2) is 30.5 Å². The van der Waals surface area contributed by atoms with Crippen LogP contribution in [0.3, 0.4) is 0 Å². The van der Waals surface area contributed by atoms with E-state index in [2.05, 4.69) is 25.6 Å². The molecule has 1 aliphatic rings. The number of rotatable bonds is 6. The number of aryl methyl sites for hydroxylation is 1. The van der Waals surface area contributed by atoms with Gasteiger partial charge in [0.1, 0.15) is 24.2 Å². The van der Waals surface area contributed by atoms with Gasteiger partial charge in [-0.3, -0.25) is 4.98 Å². The summed E-state index contributed by atoms with van der Waals surface area (Å²) >= 11 is 0. The molecular formula is C25H28F5N6O2P. The van der Waals surface area contributed by atoms with Crippen LogP contribution in [-0.2, 0) is 10.7 Å². The SMILES string of the molecule is Cc1nc(N[C@H](C)c2cccc(C(F)(F)F)c2C)c2cc(P3(=O)CCN(C(=O)NCC(F)F)CC3)ncc2n1. The van der Waals surface area contributed by atoms with Crippen molar-refractivity contribution in [2.75, 3.05) is 37.3 Å². The first-order valence-electron chi connectivity index (χ1n) is 12.3. The van der Waals surface area contributed by atoms with Crippen LogP contribution in [0.1, 0.15) is 35.5 Å². The Morgan fingerprint density at radius 1 is 1.15 bits per heavy atom. The molecule has 8 nitrogen and oxygen atoms in total. The van der Waals surface area contributed by atoms with Crippen molar-refractivity contribution < 1.29 is 31.3 Å². The van der Waals surface area contributed by atoms with E-state index in [0.29, 0.717) is 33.5 Å². The van der Waals surface area contributed by atoms with Gasteiger partial charge in [-0.05, 0) is 44.0 Å². The number of fused-ring (bicyclic) bond motifs is 1. The Morgan fingerprint density at radius 2 is 1.85 bits per heavy atom. The number of aromatic nitrogens is 3. The van der Waals surface area contributed by atoms with E-state index in [1.807, 2.05) is 0 Å². The topological polar surface area (TPSA) is 100 Å². The Hall–Kier alpha value is -3.34. The number of nitrogens with one attached hydrogen (secondary N) is 2. The molecule has 0 spiro atoms. The van der Waals surface area contributed by atoms with E-state index in [0.717, 1.165) is 6.07 Å². The van der Waals surface area contributed by atoms with Gasteiger partial charge in [0.05, 0.1) is 29.9 Å². The lowest BCUT2D eigenvalue weighted by atomic mass is 9.97. The summed E-state index contributed by atoms with van der Waals surface area (Å²) in [6, 6.07) is 4.46. The van der Waals surface area contributed by atoms with Crippen LogP contribution >= 0.6 is 7.14 Å². The van der Waals surface area contributed by atoms with Crippen LogP contribution < -0.4 is 16.1 Å². The number of carbonyl (C=O) groups excluding carboxylic acids is 1. The van der Waals surface area contributed by atoms with Gasteiger partial charge in [-0.25, -0.2) is 23.5 Å². The van der Waals surface area contributed by atoms with Gasteiger partial charge in [-0.15, -0.1) is 0 Å². The fourth-order valence-electron chi connectivity index (χ4n) is 4.68. The third-order valence-electron chi connectivity index (χ3n) is 6.75. The van der Waals surface area contributed by atoms with E-state index < -0.39 is 43.9 Å². The van der Waals surface area contributed by atoms with Gasteiger partial charge in [-0.1, -0.05) is 12.1 Å². The number of pyridine rings is 1. The Kier molecular flexibility index (Phi) is 8.11. The van der Waals surface area contributed by atoms with Gasteiger partial charge in [0.15, 0.2) is 0 Å². The van der Waals surface area contributed by atoms with Crippen LogP contribution in [0.2, 0.25) is 0 Å². The summed E-state index contributed by atoms with van der Waals surface area (Å²) in [5, 5.41) is 5.85. The molecule has 3 heterocycles. The number of carbonyl (C=O) groups is 1. The predicted octanol–water partition coefficient (Wildman–Crippen LogP) is 5.11. The second-order valence-corrected chi connectivity index (χ2v) is 12.6. The first kappa shape index (κ1) is 28.7. The highest BCUT2D eigenvalue weighted by atomic mass is 31.2. The molecule has 1 aromatic carbocycles. The molecule has 1 saturated heterocycles. The molecule has 4 rings (SSSR count). The average molecular weight is 571 g/mol. The van der Waals surface area contributed by atoms with Crippen LogP contribution in [0.4, 0.5) is 32.6 Å². The van der Waals surface area contributed by atoms with E-state index in [1.54, 1.807) is 26.0 Å². The lowest BCUT2D eigenvalue weighted by molar-refractivity contribution is -0.138. The predicted molar refractivity (Wildman–Crippen MR) is 138 cm³/mol. The van der Waals surface area contributed by atoms with Crippen molar-refractivity contribution in [2.24, 2.45) is 0 Å². The molecule has 0 radical (unpaired) electrons. The summed E-state index contributed by atoms with van der Waals surface area (Å²) in [4.78, 5) is 26.7. The van der Waals surface area contributed by atoms with E-state index >= 15 is 0 Å². The number of anilines is 1. The van der Waals surface area contributed by atoms with Gasteiger partial charge < -0.3 is 20.1 Å². The zero-order chi connectivity index (χ0) is 28.5. The number of halogens is 5. The second kappa shape index (κ2) is 11.0. The molecule has 2 N–H and O–H groups in total. The van der Waals surface area contributed by atoms with Crippen LogP contribution in [0.5, 0.6) is 0 Å². The third-order valence-corrected chi connectivity index (χ3v) is 9.68. The molecule has 2 amide bonds. The summed E-state index contributed by atoms with van der Waals surface area (Å²) in [6.07, 6.45) is -5.41. The highest BCUT2D eigenvalue weighted by Gasteiger charge is 2.35. The van der Waals surface area contributed by atoms with Crippen LogP contribution in [0, 0.1) is 13.8 Å². The van der Waals surface area contributed by atoms with E-state index in [1.165, 1.54) is 24.1 Å². The highest BCUT2D eigenvalue weighted by Crippen LogP contribution is 2.46. The summed E-state index contributed by atoms with van der Waals surface area (Å²) in [7, 11) is -3.03. The first-order chi connectivity index (χ1) is 18.3. The minimum absolute atomic E-state index is 0.108. The van der Waals surface area contributed by atoms with Crippen LogP contribution in [-0.4, -0.2) is 64.3 Å². The smallest absolute Gasteiger partial charge is 0.363 e. The summed E-state index contributed by atoms with van der Waals surface area (Å²) in [6.45, 7) is 4.31. The normalized spacial score (nSPS) is 16.4. The number of nitrogens with zero attached hydrogens (tertiary/aromatic N) is 4. The largest absolute Gasteiger partial charge is 0.416 e. The molecule has 0 bridgehead atoms. The number of benzene rings is 1. The van der Waals surface area contributed by atoms with Gasteiger partial charge >= 0.3 is 12.2 Å². The average Bonchev–Trinajstić information content (AvgIpc) is 2.86. The molecule has 210 valence electrons. The van der Waals surface area contributed by atoms with Crippen molar-refractivity contribution in [1.29, 1.82) is 0 Å². The number of alkyl halides is 5. The van der Waals surface area contributed by atoms with Crippen molar-refractivity contribution in [1.82, 2.24) is 25.2 Å². The molecule has 2 aromatic heterocycles. The highest BCUT2D eigenvalue weighted by molar-refractivity contribution is 7.71. The molecule has 3 aromatic rings. The molecular weight excluding hydrogens is 542 g/mol. The van der Waals surface area contributed by atoms with Gasteiger partial charge in [-0.2, -0.15) is 13.2 Å². The fourth-order valence-corrected chi connectivity index (χ4v) is 7.12. The van der Waals surface area contributed by atoms with Crippen molar-refractivity contribution in [2.45, 2.75) is 39.4 Å². The third kappa shape index (κ3) is 6.29. The summed E-state index contributed by atoms with van der Waals surface area (Å²) in [5.74, 6) is 0.782. The maximum absolute atomic E-state index is 13.8. The van der Waals surface area contributed by atoms with Crippen molar-refractivity contribution in [3.63, 3.8) is 0 Å². The molecule has 0 aliphatic carbocycles. The van der Waals surface area contributed by atoms with Crippen LogP contribution in [0.25, 0.3) is 10.9 Å². The monoisotopic (exact) mass is 570 g/mol. The Bertz CT molecular complexity index is 1420. The Labute approximate surface area is 221 Å². The van der Waals surface area contributed by atoms with Gasteiger partial charge in [0.25, 0.3) is 6.43 Å². The summed E-state index contributed by atoms with van der Waals surface area (Å²) < 4.78 is 79.0. The maximum atomic E-state index is 13.8. The molecule has 1 aliphatic heterocycles. The zero-order valence-corrected chi connectivity index (χ0v) is 22.4. The van der Waals surface area contributed by atoms with E-state index in [-0.39, 0.29) is 31.0 Å². The van der Waals surface area contributed by atoms with Crippen molar-refractivity contribution in [3.8, 4) is 0 Å². The maximum Gasteiger partial charge on any atom is 0.416 e. The first-order valence-corrected chi connectivity index (χ1v) is 14.3. The van der Waals surface area contributed by atoms with Crippen molar-refractivity contribution in [3.05, 3.63) is 53.0 Å². The summed E-state index contributed by atoms with van der Waals surface area (Å²) in [5.41, 5.74) is 0.639. The minimum Gasteiger partial charge on any atom is -0.363 e. The number of amides is 2. The number of hydrogen-bond acceptors (Lipinski definition) is 6. The fraction of sp³-hybridized carbons (Fsp3) is 0.440. The minimum atomic E-state index is -4.48. The molecule has 1 atom stereocenters. The zero-order valence-electron chi connectivity index (χ0n) is 21.5. The molecule has 0 unspecified atom stereocenters. The lowest BCUT2D eigenvalue weighted by Crippen LogP contribution is -2.47. The molecule has 1 fully saturated rings. The standard InChI is InChI=1S/C25H28F5N6O2P/c1-14-17(5-4-6-19(14)25(28,29)30)15(2)33-23-18-11-22(31-12-20(18)34-16(3)35-23)39(38)9-7-36(8-10-39)24(37)32-13-21(26)27/h4-6,11-12,15,21H,7-10,13H2,1-3H3,(H,32,37)(H,33,34,35)/t15-/m1/s1. The quantitative estimate of drug-likeness (QED) is 0.316. The molecule has 14 heteroatoms. The number of hydrogen-bond donors (Lipinski definition) is 2. The lowest BCUT2D eigenvalue weighted by Gasteiger charge is -2.32. The van der Waals surface area contributed by atoms with E-state index in [9.17, 15) is 31.3 Å². The molecule has 39 heavy (non-hydrogen) atoms. The number of urea groups is 1. The Morgan fingerprint density at radius 3 is 2.49 bits per heavy atom. The van der Waals surface area contributed by atoms with Gasteiger partial charge in [0.2, 0.25) is 0 Å². The Balaban J connectivity index is 1.60. The van der Waals surface area contributed by atoms with Crippen molar-refractivity contribution >= 4 is 35.3 Å². The van der Waals surface area contributed by atoms with E-state index in [4.69, 9.17) is 0 Å². The van der Waals surface area contributed by atoms with Gasteiger partial charge in [0, 0.05) is 30.8 Å². The molecule has 0 saturated carbocycles.